The first kappa shape index (κ1) is 13.1. The number of nitrogens with two attached hydrogens (primary N) is 2. The van der Waals surface area contributed by atoms with E-state index in [4.69, 9.17) is 11.5 Å². The summed E-state index contributed by atoms with van der Waals surface area (Å²) in [5.41, 5.74) is 13.2. The fourth-order valence-electron chi connectivity index (χ4n) is 1.91. The SMILES string of the molecule is CC1SCC(C(N)c2cccnc2N)SC1C. The predicted molar refractivity (Wildman–Crippen MR) is 78.3 cm³/mol. The second kappa shape index (κ2) is 5.50. The molecule has 2 heterocycles. The fraction of sp³-hybridized carbons (Fsp3) is 0.583. The minimum Gasteiger partial charge on any atom is -0.383 e. The lowest BCUT2D eigenvalue weighted by atomic mass is 10.1. The Kier molecular flexibility index (Phi) is 4.22. The van der Waals surface area contributed by atoms with Gasteiger partial charge in [-0.25, -0.2) is 4.98 Å². The summed E-state index contributed by atoms with van der Waals surface area (Å²) < 4.78 is 0. The largest absolute Gasteiger partial charge is 0.383 e. The minimum atomic E-state index is -0.0175. The minimum absolute atomic E-state index is 0.0175. The second-order valence-electron chi connectivity index (χ2n) is 4.42. The van der Waals surface area contributed by atoms with Crippen LogP contribution in [0.4, 0.5) is 5.82 Å². The maximum Gasteiger partial charge on any atom is 0.128 e. The van der Waals surface area contributed by atoms with Gasteiger partial charge in [0.2, 0.25) is 0 Å². The molecule has 0 aromatic carbocycles. The Morgan fingerprint density at radius 2 is 2.18 bits per heavy atom. The highest BCUT2D eigenvalue weighted by molar-refractivity contribution is 8.07. The quantitative estimate of drug-likeness (QED) is 0.862. The average Bonchev–Trinajstić information content (AvgIpc) is 2.32. The lowest BCUT2D eigenvalue weighted by Crippen LogP contribution is -2.34. The Hall–Kier alpha value is -0.390. The van der Waals surface area contributed by atoms with Gasteiger partial charge in [-0.2, -0.15) is 23.5 Å². The number of nitrogens with zero attached hydrogens (tertiary/aromatic N) is 1. The smallest absolute Gasteiger partial charge is 0.128 e. The fourth-order valence-corrected chi connectivity index (χ4v) is 4.95. The van der Waals surface area contributed by atoms with Crippen LogP contribution in [0.25, 0.3) is 0 Å². The molecular weight excluding hydrogens is 250 g/mol. The Morgan fingerprint density at radius 1 is 1.41 bits per heavy atom. The van der Waals surface area contributed by atoms with Gasteiger partial charge in [-0.1, -0.05) is 19.9 Å². The Bertz CT molecular complexity index is 386. The molecule has 2 rings (SSSR count). The summed E-state index contributed by atoms with van der Waals surface area (Å²) in [6.07, 6.45) is 1.71. The van der Waals surface area contributed by atoms with E-state index in [-0.39, 0.29) is 6.04 Å². The van der Waals surface area contributed by atoms with Gasteiger partial charge < -0.3 is 11.5 Å². The van der Waals surface area contributed by atoms with Crippen molar-refractivity contribution in [1.29, 1.82) is 0 Å². The van der Waals surface area contributed by atoms with Crippen LogP contribution < -0.4 is 11.5 Å². The molecule has 94 valence electrons. The zero-order valence-electron chi connectivity index (χ0n) is 10.2. The lowest BCUT2D eigenvalue weighted by molar-refractivity contribution is 0.707. The van der Waals surface area contributed by atoms with Crippen molar-refractivity contribution in [3.63, 3.8) is 0 Å². The number of rotatable bonds is 2. The number of pyridine rings is 1. The van der Waals surface area contributed by atoms with E-state index in [2.05, 4.69) is 18.8 Å². The van der Waals surface area contributed by atoms with Gasteiger partial charge in [-0.3, -0.25) is 0 Å². The van der Waals surface area contributed by atoms with Crippen LogP contribution in [0.15, 0.2) is 18.3 Å². The standard InChI is InChI=1S/C12H19N3S2/c1-7-8(2)17-10(6-16-7)11(13)9-4-3-5-15-12(9)14/h3-5,7-8,10-11H,6,13H2,1-2H3,(H2,14,15). The third kappa shape index (κ3) is 2.89. The van der Waals surface area contributed by atoms with Crippen LogP contribution in [0.1, 0.15) is 25.5 Å². The van der Waals surface area contributed by atoms with Crippen molar-refractivity contribution in [3.05, 3.63) is 23.9 Å². The predicted octanol–water partition coefficient (Wildman–Crippen LogP) is 2.29. The van der Waals surface area contributed by atoms with Crippen molar-refractivity contribution < 1.29 is 0 Å². The number of anilines is 1. The third-order valence-corrected chi connectivity index (χ3v) is 6.72. The first-order valence-electron chi connectivity index (χ1n) is 5.82. The van der Waals surface area contributed by atoms with Crippen molar-refractivity contribution in [3.8, 4) is 0 Å². The molecule has 1 aliphatic rings. The van der Waals surface area contributed by atoms with Gasteiger partial charge >= 0.3 is 0 Å². The zero-order valence-corrected chi connectivity index (χ0v) is 11.8. The molecule has 1 aromatic rings. The Morgan fingerprint density at radius 3 is 2.82 bits per heavy atom. The molecule has 4 N–H and O–H groups in total. The maximum absolute atomic E-state index is 6.32. The topological polar surface area (TPSA) is 64.9 Å². The molecule has 4 atom stereocenters. The zero-order chi connectivity index (χ0) is 12.4. The van der Waals surface area contributed by atoms with E-state index in [1.807, 2.05) is 35.7 Å². The maximum atomic E-state index is 6.32. The first-order chi connectivity index (χ1) is 8.09. The van der Waals surface area contributed by atoms with Crippen LogP contribution in [0.2, 0.25) is 0 Å². The van der Waals surface area contributed by atoms with Gasteiger partial charge in [-0.05, 0) is 6.07 Å². The molecule has 0 saturated carbocycles. The van der Waals surface area contributed by atoms with Crippen LogP contribution in [0, 0.1) is 0 Å². The van der Waals surface area contributed by atoms with Gasteiger partial charge in [-0.15, -0.1) is 0 Å². The van der Waals surface area contributed by atoms with Crippen LogP contribution in [-0.4, -0.2) is 26.5 Å². The summed E-state index contributed by atoms with van der Waals surface area (Å²) in [5.74, 6) is 1.66. The average molecular weight is 269 g/mol. The molecule has 1 aromatic heterocycles. The molecule has 0 aliphatic carbocycles. The van der Waals surface area contributed by atoms with E-state index in [9.17, 15) is 0 Å². The number of hydrogen-bond acceptors (Lipinski definition) is 5. The van der Waals surface area contributed by atoms with Gasteiger partial charge in [0.15, 0.2) is 0 Å². The van der Waals surface area contributed by atoms with Crippen molar-refractivity contribution in [2.45, 2.75) is 35.6 Å². The molecule has 4 unspecified atom stereocenters. The monoisotopic (exact) mass is 269 g/mol. The molecule has 0 radical (unpaired) electrons. The molecule has 1 saturated heterocycles. The summed E-state index contributed by atoms with van der Waals surface area (Å²) in [6.45, 7) is 4.55. The van der Waals surface area contributed by atoms with Crippen molar-refractivity contribution >= 4 is 29.3 Å². The molecule has 0 spiro atoms. The summed E-state index contributed by atoms with van der Waals surface area (Å²) in [7, 11) is 0. The first-order valence-corrected chi connectivity index (χ1v) is 7.81. The highest BCUT2D eigenvalue weighted by atomic mass is 32.2. The number of nitrogen functional groups attached to an aromatic ring is 1. The summed E-state index contributed by atoms with van der Waals surface area (Å²) in [4.78, 5) is 4.11. The second-order valence-corrected chi connectivity index (χ2v) is 7.45. The molecule has 17 heavy (non-hydrogen) atoms. The van der Waals surface area contributed by atoms with E-state index in [1.165, 1.54) is 0 Å². The van der Waals surface area contributed by atoms with Gasteiger partial charge in [0, 0.05) is 39.3 Å². The van der Waals surface area contributed by atoms with E-state index >= 15 is 0 Å². The van der Waals surface area contributed by atoms with Crippen LogP contribution >= 0.6 is 23.5 Å². The number of aromatic nitrogens is 1. The number of thioether (sulfide) groups is 2. The molecular formula is C12H19N3S2. The lowest BCUT2D eigenvalue weighted by Gasteiger charge is -2.34. The molecule has 0 amide bonds. The van der Waals surface area contributed by atoms with E-state index in [0.717, 1.165) is 11.3 Å². The number of hydrogen-bond donors (Lipinski definition) is 2. The van der Waals surface area contributed by atoms with Crippen molar-refractivity contribution in [2.75, 3.05) is 11.5 Å². The van der Waals surface area contributed by atoms with E-state index in [1.54, 1.807) is 6.20 Å². The summed E-state index contributed by atoms with van der Waals surface area (Å²) >= 11 is 3.98. The third-order valence-electron chi connectivity index (χ3n) is 3.20. The van der Waals surface area contributed by atoms with Gasteiger partial charge in [0.1, 0.15) is 5.82 Å². The van der Waals surface area contributed by atoms with Crippen molar-refractivity contribution in [1.82, 2.24) is 4.98 Å². The van der Waals surface area contributed by atoms with Gasteiger partial charge in [0.05, 0.1) is 0 Å². The van der Waals surface area contributed by atoms with Crippen LogP contribution in [-0.2, 0) is 0 Å². The highest BCUT2D eigenvalue weighted by Crippen LogP contribution is 2.40. The Balaban J connectivity index is 2.10. The van der Waals surface area contributed by atoms with E-state index < -0.39 is 0 Å². The summed E-state index contributed by atoms with van der Waals surface area (Å²) in [6, 6.07) is 3.87. The highest BCUT2D eigenvalue weighted by Gasteiger charge is 2.31. The Labute approximate surface area is 111 Å². The van der Waals surface area contributed by atoms with Gasteiger partial charge in [0.25, 0.3) is 0 Å². The summed E-state index contributed by atoms with van der Waals surface area (Å²) in [5, 5.41) is 1.77. The molecule has 1 fully saturated rings. The van der Waals surface area contributed by atoms with Crippen LogP contribution in [0.5, 0.6) is 0 Å². The van der Waals surface area contributed by atoms with Crippen molar-refractivity contribution in [2.24, 2.45) is 5.73 Å². The normalized spacial score (nSPS) is 31.1. The van der Waals surface area contributed by atoms with E-state index in [0.29, 0.717) is 21.6 Å². The molecule has 3 nitrogen and oxygen atoms in total. The molecule has 0 bridgehead atoms. The van der Waals surface area contributed by atoms with Crippen LogP contribution in [0.3, 0.4) is 0 Å². The molecule has 1 aliphatic heterocycles. The molecule has 5 heteroatoms.